The molecule has 0 unspecified atom stereocenters. The lowest BCUT2D eigenvalue weighted by Gasteiger charge is -2.27. The first-order chi connectivity index (χ1) is 18.9. The van der Waals surface area contributed by atoms with Gasteiger partial charge in [0.15, 0.2) is 0 Å². The summed E-state index contributed by atoms with van der Waals surface area (Å²) >= 11 is 0. The highest BCUT2D eigenvalue weighted by Gasteiger charge is 2.44. The van der Waals surface area contributed by atoms with E-state index in [1.807, 2.05) is 0 Å². The van der Waals surface area contributed by atoms with Gasteiger partial charge in [0.25, 0.3) is 0 Å². The Hall–Kier alpha value is -4.28. The normalized spacial score (nSPS) is 14.6. The fourth-order valence-corrected chi connectivity index (χ4v) is 3.31. The zero-order chi connectivity index (χ0) is 28.9. The van der Waals surface area contributed by atoms with Crippen LogP contribution in [-0.2, 0) is 10.9 Å². The van der Waals surface area contributed by atoms with E-state index in [9.17, 15) is 35.1 Å². The lowest BCUT2D eigenvalue weighted by Crippen LogP contribution is -2.37. The van der Waals surface area contributed by atoms with E-state index >= 15 is 0 Å². The van der Waals surface area contributed by atoms with E-state index < -0.39 is 35.8 Å². The van der Waals surface area contributed by atoms with Crippen molar-refractivity contribution in [2.75, 3.05) is 41.9 Å². The van der Waals surface area contributed by atoms with Gasteiger partial charge in [-0.15, -0.1) is 0 Å². The minimum atomic E-state index is -4.92. The van der Waals surface area contributed by atoms with E-state index in [0.717, 1.165) is 18.2 Å². The molecule has 1 aliphatic heterocycles. The Labute approximate surface area is 220 Å². The summed E-state index contributed by atoms with van der Waals surface area (Å²) in [6.07, 6.45) is -12.3. The van der Waals surface area contributed by atoms with E-state index in [-0.39, 0.29) is 23.5 Å². The molecule has 214 valence electrons. The largest absolute Gasteiger partial charge is 0.461 e. The second-order valence-corrected chi connectivity index (χ2v) is 8.10. The molecular weight excluding hydrogens is 558 g/mol. The molecule has 2 N–H and O–H groups in total. The third kappa shape index (κ3) is 7.43. The zero-order valence-corrected chi connectivity index (χ0v) is 20.1. The average molecular weight is 577 g/mol. The van der Waals surface area contributed by atoms with Crippen molar-refractivity contribution in [2.24, 2.45) is 5.10 Å². The molecule has 1 aliphatic rings. The summed E-state index contributed by atoms with van der Waals surface area (Å²) in [7, 11) is 0. The third-order valence-corrected chi connectivity index (χ3v) is 5.21. The zero-order valence-electron chi connectivity index (χ0n) is 20.1. The monoisotopic (exact) mass is 577 g/mol. The first-order valence-electron chi connectivity index (χ1n) is 11.4. The summed E-state index contributed by atoms with van der Waals surface area (Å²) in [6, 6.07) is 6.93. The molecule has 2 aromatic carbocycles. The van der Waals surface area contributed by atoms with E-state index in [1.165, 1.54) is 18.3 Å². The predicted molar refractivity (Wildman–Crippen MR) is 127 cm³/mol. The molecule has 4 rings (SSSR count). The van der Waals surface area contributed by atoms with Gasteiger partial charge in [-0.1, -0.05) is 0 Å². The Morgan fingerprint density at radius 1 is 0.950 bits per heavy atom. The van der Waals surface area contributed by atoms with Crippen molar-refractivity contribution in [2.45, 2.75) is 18.7 Å². The van der Waals surface area contributed by atoms with Crippen molar-refractivity contribution in [3.05, 3.63) is 59.4 Å². The molecule has 1 saturated heterocycles. The summed E-state index contributed by atoms with van der Waals surface area (Å²) in [6.45, 7) is 1.59. The molecule has 0 bridgehead atoms. The summed E-state index contributed by atoms with van der Waals surface area (Å²) in [5.41, 5.74) is 1.27. The van der Waals surface area contributed by atoms with Gasteiger partial charge < -0.3 is 19.7 Å². The van der Waals surface area contributed by atoms with Gasteiger partial charge in [0.2, 0.25) is 17.8 Å². The Balaban J connectivity index is 1.52. The average Bonchev–Trinajstić information content (AvgIpc) is 2.90. The number of hydrazone groups is 1. The number of rotatable bonds is 9. The Morgan fingerprint density at radius 3 is 2.27 bits per heavy atom. The van der Waals surface area contributed by atoms with Crippen molar-refractivity contribution in [1.29, 1.82) is 0 Å². The minimum Gasteiger partial charge on any atom is -0.428 e. The van der Waals surface area contributed by atoms with Crippen LogP contribution >= 0.6 is 0 Å². The van der Waals surface area contributed by atoms with Crippen LogP contribution in [0.15, 0.2) is 47.6 Å². The number of aromatic nitrogens is 3. The molecule has 0 spiro atoms. The smallest absolute Gasteiger partial charge is 0.428 e. The molecule has 1 aromatic heterocycles. The summed E-state index contributed by atoms with van der Waals surface area (Å²) < 4.78 is 113. The fourth-order valence-electron chi connectivity index (χ4n) is 3.31. The van der Waals surface area contributed by atoms with Crippen molar-refractivity contribution in [3.8, 4) is 5.75 Å². The predicted octanol–water partition coefficient (Wildman–Crippen LogP) is 5.29. The fraction of sp³-hybridized carbons (Fsp3) is 0.304. The second kappa shape index (κ2) is 11.8. The van der Waals surface area contributed by atoms with Crippen molar-refractivity contribution in [3.63, 3.8) is 0 Å². The molecule has 2 heterocycles. The molecule has 17 heteroatoms. The summed E-state index contributed by atoms with van der Waals surface area (Å²) in [5.74, 6) is -2.08. The van der Waals surface area contributed by atoms with Gasteiger partial charge in [-0.25, -0.2) is 9.82 Å². The van der Waals surface area contributed by atoms with Crippen LogP contribution in [0.3, 0.4) is 0 Å². The van der Waals surface area contributed by atoms with Gasteiger partial charge in [-0.2, -0.15) is 50.8 Å². The lowest BCUT2D eigenvalue weighted by molar-refractivity contribution is -0.253. The van der Waals surface area contributed by atoms with Crippen LogP contribution in [0.5, 0.6) is 5.75 Å². The molecule has 1 fully saturated rings. The molecule has 3 aromatic rings. The number of halogens is 8. The standard InChI is InChI=1S/C23H19F8N7O2/c24-17-6-3-14(11-16(17)22(27,28)29)33-19-34-20(36-21(35-19)38-7-9-39-10-8-38)37-32-12-13-1-4-15(5-2-13)40-23(30,31)18(25)26/h1-6,11-12,18H,7-10H2,(H2,33,34,35,36,37)/b32-12+. The molecule has 0 radical (unpaired) electrons. The summed E-state index contributed by atoms with van der Waals surface area (Å²) in [4.78, 5) is 14.3. The van der Waals surface area contributed by atoms with Crippen molar-refractivity contribution >= 4 is 29.7 Å². The number of ether oxygens (including phenoxy) is 2. The van der Waals surface area contributed by atoms with Gasteiger partial charge >= 0.3 is 18.7 Å². The van der Waals surface area contributed by atoms with Crippen LogP contribution in [-0.4, -0.2) is 60.0 Å². The first-order valence-corrected chi connectivity index (χ1v) is 11.4. The number of hydrogen-bond acceptors (Lipinski definition) is 9. The molecule has 40 heavy (non-hydrogen) atoms. The van der Waals surface area contributed by atoms with Gasteiger partial charge in [-0.3, -0.25) is 0 Å². The molecule has 9 nitrogen and oxygen atoms in total. The Bertz CT molecular complexity index is 1330. The highest BCUT2D eigenvalue weighted by molar-refractivity contribution is 5.80. The van der Waals surface area contributed by atoms with Crippen LogP contribution in [0.4, 0.5) is 58.7 Å². The van der Waals surface area contributed by atoms with Gasteiger partial charge in [-0.05, 0) is 48.0 Å². The third-order valence-electron chi connectivity index (χ3n) is 5.21. The Morgan fingerprint density at radius 2 is 1.62 bits per heavy atom. The highest BCUT2D eigenvalue weighted by atomic mass is 19.4. The van der Waals surface area contributed by atoms with Gasteiger partial charge in [0.05, 0.1) is 25.0 Å². The topological polar surface area (TPSA) is 96.8 Å². The molecule has 0 saturated carbocycles. The maximum absolute atomic E-state index is 13.7. The van der Waals surface area contributed by atoms with Gasteiger partial charge in [0.1, 0.15) is 11.6 Å². The molecular formula is C23H19F8N7O2. The van der Waals surface area contributed by atoms with E-state index in [1.54, 1.807) is 4.90 Å². The van der Waals surface area contributed by atoms with Crippen molar-refractivity contribution < 1.29 is 44.6 Å². The number of morpholine rings is 1. The van der Waals surface area contributed by atoms with Crippen LogP contribution in [0.1, 0.15) is 11.1 Å². The van der Waals surface area contributed by atoms with E-state index in [4.69, 9.17) is 4.74 Å². The maximum Gasteiger partial charge on any atom is 0.461 e. The van der Waals surface area contributed by atoms with Crippen LogP contribution in [0, 0.1) is 5.82 Å². The van der Waals surface area contributed by atoms with Gasteiger partial charge in [0, 0.05) is 18.8 Å². The SMILES string of the molecule is Fc1ccc(Nc2nc(N/N=C/c3ccc(OC(F)(F)C(F)F)cc3)nc(N3CCOCC3)n2)cc1C(F)(F)F. The number of alkyl halides is 7. The van der Waals surface area contributed by atoms with E-state index in [0.29, 0.717) is 44.0 Å². The highest BCUT2D eigenvalue weighted by Crippen LogP contribution is 2.33. The quantitative estimate of drug-likeness (QED) is 0.201. The summed E-state index contributed by atoms with van der Waals surface area (Å²) in [5, 5.41) is 6.53. The minimum absolute atomic E-state index is 0.120. The van der Waals surface area contributed by atoms with Crippen LogP contribution in [0.2, 0.25) is 0 Å². The van der Waals surface area contributed by atoms with Crippen LogP contribution < -0.4 is 20.4 Å². The molecule has 0 amide bonds. The first kappa shape index (κ1) is 28.7. The number of anilines is 4. The maximum atomic E-state index is 13.7. The molecule has 0 aliphatic carbocycles. The van der Waals surface area contributed by atoms with Crippen molar-refractivity contribution in [1.82, 2.24) is 15.0 Å². The second-order valence-electron chi connectivity index (χ2n) is 8.10. The number of nitrogens with zero attached hydrogens (tertiary/aromatic N) is 5. The molecule has 0 atom stereocenters. The number of nitrogens with one attached hydrogen (secondary N) is 2. The van der Waals surface area contributed by atoms with Crippen LogP contribution in [0.25, 0.3) is 0 Å². The number of hydrogen-bond donors (Lipinski definition) is 2. The van der Waals surface area contributed by atoms with E-state index in [2.05, 4.69) is 35.5 Å². The lowest BCUT2D eigenvalue weighted by atomic mass is 10.2. The number of benzene rings is 2. The Kier molecular flexibility index (Phi) is 8.51.